The van der Waals surface area contributed by atoms with E-state index in [0.717, 1.165) is 40.2 Å². The molecule has 0 radical (unpaired) electrons. The summed E-state index contributed by atoms with van der Waals surface area (Å²) in [6, 6.07) is 30.1. The van der Waals surface area contributed by atoms with E-state index < -0.39 is 5.97 Å². The molecule has 1 heterocycles. The molecule has 0 aliphatic rings. The number of aromatic nitrogens is 2. The van der Waals surface area contributed by atoms with Gasteiger partial charge in [0.05, 0.1) is 12.2 Å². The molecule has 5 rings (SSSR count). The van der Waals surface area contributed by atoms with E-state index in [1.54, 1.807) is 30.3 Å². The van der Waals surface area contributed by atoms with Crippen molar-refractivity contribution in [3.63, 3.8) is 0 Å². The van der Waals surface area contributed by atoms with Crippen LogP contribution in [0.5, 0.6) is 17.2 Å². The summed E-state index contributed by atoms with van der Waals surface area (Å²) in [7, 11) is 0. The van der Waals surface area contributed by atoms with Crippen LogP contribution in [0.3, 0.4) is 0 Å². The highest BCUT2D eigenvalue weighted by molar-refractivity contribution is 5.92. The molecule has 7 nitrogen and oxygen atoms in total. The third-order valence-corrected chi connectivity index (χ3v) is 8.27. The summed E-state index contributed by atoms with van der Waals surface area (Å²) < 4.78 is 23.4. The van der Waals surface area contributed by atoms with Gasteiger partial charge in [-0.25, -0.2) is 4.79 Å². The predicted molar refractivity (Wildman–Crippen MR) is 189 cm³/mol. The molecule has 7 heteroatoms. The molecule has 1 aromatic heterocycles. The van der Waals surface area contributed by atoms with Gasteiger partial charge in [-0.2, -0.15) is 0 Å². The summed E-state index contributed by atoms with van der Waals surface area (Å²) in [6.07, 6.45) is 12.9. The van der Waals surface area contributed by atoms with Crippen LogP contribution in [0.1, 0.15) is 92.6 Å². The summed E-state index contributed by atoms with van der Waals surface area (Å²) >= 11 is 0. The highest BCUT2D eigenvalue weighted by atomic mass is 16.5. The van der Waals surface area contributed by atoms with Crippen LogP contribution >= 0.6 is 0 Å². The van der Waals surface area contributed by atoms with E-state index in [-0.39, 0.29) is 0 Å². The second-order valence-corrected chi connectivity index (χ2v) is 12.1. The van der Waals surface area contributed by atoms with Crippen LogP contribution in [-0.2, 0) is 6.61 Å². The number of esters is 1. The van der Waals surface area contributed by atoms with Gasteiger partial charge in [0.15, 0.2) is 0 Å². The van der Waals surface area contributed by atoms with E-state index in [0.29, 0.717) is 36.3 Å². The van der Waals surface area contributed by atoms with E-state index in [1.165, 1.54) is 57.8 Å². The van der Waals surface area contributed by atoms with Crippen molar-refractivity contribution in [2.45, 2.75) is 84.7 Å². The van der Waals surface area contributed by atoms with Crippen LogP contribution < -0.4 is 14.2 Å². The number of unbranched alkanes of at least 4 members (excludes halogenated alkanes) is 9. The largest absolute Gasteiger partial charge is 0.494 e. The topological polar surface area (TPSA) is 83.7 Å². The first-order valence-corrected chi connectivity index (χ1v) is 17.3. The molecular formula is C41H46N2O5. The van der Waals surface area contributed by atoms with Gasteiger partial charge in [-0.1, -0.05) is 95.0 Å². The average Bonchev–Trinajstić information content (AvgIpc) is 3.61. The standard InChI is InChI=1S/C41H46N2O5/c1-3-4-5-6-7-8-9-10-11-15-28-45-37-26-27-38(31(2)29-37)41(44)47-36-24-20-34(21-25-36)40-43-42-39(48-40)33-18-22-35(23-19-33)46-30-32-16-13-12-14-17-32/h12-14,16-27,29H,3-11,15,28,30H2,1-2H3. The van der Waals surface area contributed by atoms with Gasteiger partial charge in [0.2, 0.25) is 11.8 Å². The van der Waals surface area contributed by atoms with Gasteiger partial charge >= 0.3 is 5.97 Å². The van der Waals surface area contributed by atoms with Gasteiger partial charge < -0.3 is 18.6 Å². The molecule has 48 heavy (non-hydrogen) atoms. The van der Waals surface area contributed by atoms with Gasteiger partial charge in [-0.05, 0) is 91.2 Å². The second kappa shape index (κ2) is 18.4. The molecule has 0 unspecified atom stereocenters. The van der Waals surface area contributed by atoms with Gasteiger partial charge in [-0.3, -0.25) is 0 Å². The van der Waals surface area contributed by atoms with Crippen molar-refractivity contribution >= 4 is 5.97 Å². The van der Waals surface area contributed by atoms with Crippen molar-refractivity contribution < 1.29 is 23.4 Å². The van der Waals surface area contributed by atoms with Gasteiger partial charge in [0.25, 0.3) is 0 Å². The normalized spacial score (nSPS) is 11.0. The Labute approximate surface area is 284 Å². The SMILES string of the molecule is CCCCCCCCCCCCOc1ccc(C(=O)Oc2ccc(-c3nnc(-c4ccc(OCc5ccccc5)cc4)o3)cc2)c(C)c1. The number of rotatable bonds is 19. The molecule has 0 atom stereocenters. The number of hydrogen-bond acceptors (Lipinski definition) is 7. The molecule has 250 valence electrons. The van der Waals surface area contributed by atoms with Crippen molar-refractivity contribution in [1.82, 2.24) is 10.2 Å². The Hall–Kier alpha value is -4.91. The maximum atomic E-state index is 12.9. The first-order chi connectivity index (χ1) is 23.6. The molecule has 0 aliphatic heterocycles. The number of carbonyl (C=O) groups excluding carboxylic acids is 1. The lowest BCUT2D eigenvalue weighted by Crippen LogP contribution is -2.10. The van der Waals surface area contributed by atoms with E-state index >= 15 is 0 Å². The van der Waals surface area contributed by atoms with E-state index in [2.05, 4.69) is 17.1 Å². The van der Waals surface area contributed by atoms with Crippen LogP contribution in [0, 0.1) is 6.92 Å². The zero-order valence-electron chi connectivity index (χ0n) is 28.2. The first kappa shape index (κ1) is 34.4. The number of hydrogen-bond donors (Lipinski definition) is 0. The van der Waals surface area contributed by atoms with Crippen molar-refractivity contribution in [2.75, 3.05) is 6.61 Å². The summed E-state index contributed by atoms with van der Waals surface area (Å²) in [4.78, 5) is 12.9. The zero-order chi connectivity index (χ0) is 33.4. The first-order valence-electron chi connectivity index (χ1n) is 17.3. The fourth-order valence-corrected chi connectivity index (χ4v) is 5.45. The summed E-state index contributed by atoms with van der Waals surface area (Å²) in [5.41, 5.74) is 3.93. The highest BCUT2D eigenvalue weighted by Gasteiger charge is 2.15. The van der Waals surface area contributed by atoms with Crippen molar-refractivity contribution in [2.24, 2.45) is 0 Å². The van der Waals surface area contributed by atoms with E-state index in [4.69, 9.17) is 18.6 Å². The molecule has 0 amide bonds. The van der Waals surface area contributed by atoms with Crippen LogP contribution in [0.25, 0.3) is 22.9 Å². The lowest BCUT2D eigenvalue weighted by molar-refractivity contribution is 0.0734. The molecule has 0 N–H and O–H groups in total. The number of benzene rings is 4. The lowest BCUT2D eigenvalue weighted by atomic mass is 10.1. The molecule has 5 aromatic rings. The maximum absolute atomic E-state index is 12.9. The molecule has 0 spiro atoms. The smallest absolute Gasteiger partial charge is 0.343 e. The van der Waals surface area contributed by atoms with Gasteiger partial charge in [0, 0.05) is 11.1 Å². The van der Waals surface area contributed by atoms with Crippen molar-refractivity contribution in [3.8, 4) is 40.2 Å². The number of carbonyl (C=O) groups is 1. The van der Waals surface area contributed by atoms with Crippen LogP contribution in [0.4, 0.5) is 0 Å². The molecule has 4 aromatic carbocycles. The Morgan fingerprint density at radius 3 is 1.79 bits per heavy atom. The predicted octanol–water partition coefficient (Wildman–Crippen LogP) is 10.8. The third kappa shape index (κ3) is 10.6. The Morgan fingerprint density at radius 2 is 1.19 bits per heavy atom. The molecule has 0 saturated carbocycles. The minimum atomic E-state index is -0.419. The van der Waals surface area contributed by atoms with Crippen molar-refractivity contribution in [3.05, 3.63) is 114 Å². The van der Waals surface area contributed by atoms with E-state index in [9.17, 15) is 4.79 Å². The Balaban J connectivity index is 1.05. The molecule has 0 bridgehead atoms. The van der Waals surface area contributed by atoms with Gasteiger partial charge in [-0.15, -0.1) is 10.2 Å². The Morgan fingerprint density at radius 1 is 0.625 bits per heavy atom. The highest BCUT2D eigenvalue weighted by Crippen LogP contribution is 2.28. The quantitative estimate of drug-likeness (QED) is 0.0501. The fraction of sp³-hybridized carbons (Fsp3) is 0.341. The lowest BCUT2D eigenvalue weighted by Gasteiger charge is -2.10. The molecular weight excluding hydrogens is 600 g/mol. The maximum Gasteiger partial charge on any atom is 0.343 e. The summed E-state index contributed by atoms with van der Waals surface area (Å²) in [5, 5.41) is 8.42. The Bertz CT molecular complexity index is 1680. The fourth-order valence-electron chi connectivity index (χ4n) is 5.45. The average molecular weight is 647 g/mol. The molecule has 0 saturated heterocycles. The third-order valence-electron chi connectivity index (χ3n) is 8.27. The van der Waals surface area contributed by atoms with Crippen molar-refractivity contribution in [1.29, 1.82) is 0 Å². The Kier molecular flexibility index (Phi) is 13.2. The van der Waals surface area contributed by atoms with Crippen LogP contribution in [0.2, 0.25) is 0 Å². The second-order valence-electron chi connectivity index (χ2n) is 12.1. The zero-order valence-corrected chi connectivity index (χ0v) is 28.2. The molecule has 0 aliphatic carbocycles. The summed E-state index contributed by atoms with van der Waals surface area (Å²) in [5.74, 6) is 2.31. The minimum absolute atomic E-state index is 0.372. The monoisotopic (exact) mass is 646 g/mol. The van der Waals surface area contributed by atoms with Gasteiger partial charge in [0.1, 0.15) is 23.9 Å². The number of ether oxygens (including phenoxy) is 3. The molecule has 0 fully saturated rings. The van der Waals surface area contributed by atoms with Crippen LogP contribution in [-0.4, -0.2) is 22.8 Å². The number of aryl methyl sites for hydroxylation is 1. The van der Waals surface area contributed by atoms with Crippen LogP contribution in [0.15, 0.2) is 101 Å². The number of nitrogens with zero attached hydrogens (tertiary/aromatic N) is 2. The summed E-state index contributed by atoms with van der Waals surface area (Å²) in [6.45, 7) is 5.33. The minimum Gasteiger partial charge on any atom is -0.494 e. The van der Waals surface area contributed by atoms with E-state index in [1.807, 2.05) is 73.7 Å².